The lowest BCUT2D eigenvalue weighted by Gasteiger charge is -2.18. The van der Waals surface area contributed by atoms with Crippen molar-refractivity contribution in [3.63, 3.8) is 0 Å². The Kier molecular flexibility index (Phi) is 4.62. The monoisotopic (exact) mass is 329 g/mol. The summed E-state index contributed by atoms with van der Waals surface area (Å²) in [4.78, 5) is 12.2. The van der Waals surface area contributed by atoms with Crippen molar-refractivity contribution in [3.8, 4) is 0 Å². The van der Waals surface area contributed by atoms with E-state index in [0.29, 0.717) is 18.7 Å². The van der Waals surface area contributed by atoms with Crippen LogP contribution in [0.3, 0.4) is 0 Å². The lowest BCUT2D eigenvalue weighted by molar-refractivity contribution is 0.0979. The smallest absolute Gasteiger partial charge is 0.268 e. The molecule has 0 aliphatic carbocycles. The maximum absolute atomic E-state index is 12.2. The van der Waals surface area contributed by atoms with E-state index in [-0.39, 0.29) is 23.0 Å². The number of ether oxygens (including phenoxy) is 1. The summed E-state index contributed by atoms with van der Waals surface area (Å²) in [5.74, 6) is -0.837. The van der Waals surface area contributed by atoms with Crippen LogP contribution in [-0.4, -0.2) is 42.6 Å². The van der Waals surface area contributed by atoms with Crippen molar-refractivity contribution in [3.05, 3.63) is 17.5 Å². The summed E-state index contributed by atoms with van der Waals surface area (Å²) in [6.07, 6.45) is 2.80. The SMILES string of the molecule is Cc1nn(C(C)(C)C)cc1C(=O)NS(=O)(=O)CC1CCCO1. The van der Waals surface area contributed by atoms with Crippen molar-refractivity contribution in [2.75, 3.05) is 12.4 Å². The first-order valence-electron chi connectivity index (χ1n) is 7.32. The summed E-state index contributed by atoms with van der Waals surface area (Å²) in [6, 6.07) is 0. The fraction of sp³-hybridized carbons (Fsp3) is 0.714. The highest BCUT2D eigenvalue weighted by atomic mass is 32.2. The van der Waals surface area contributed by atoms with E-state index in [4.69, 9.17) is 4.74 Å². The normalized spacial score (nSPS) is 19.4. The van der Waals surface area contributed by atoms with Gasteiger partial charge in [-0.15, -0.1) is 0 Å². The standard InChI is InChI=1S/C14H23N3O4S/c1-10-12(8-17(15-10)14(2,3)4)13(18)16-22(19,20)9-11-6-5-7-21-11/h8,11H,5-7,9H2,1-4H3,(H,16,18). The summed E-state index contributed by atoms with van der Waals surface area (Å²) in [7, 11) is -3.72. The highest BCUT2D eigenvalue weighted by Gasteiger charge is 2.27. The number of hydrogen-bond donors (Lipinski definition) is 1. The molecule has 1 saturated heterocycles. The van der Waals surface area contributed by atoms with E-state index in [2.05, 4.69) is 9.82 Å². The predicted molar refractivity (Wildman–Crippen MR) is 82.2 cm³/mol. The number of rotatable bonds is 4. The Balaban J connectivity index is 2.10. The second-order valence-corrected chi connectivity index (χ2v) is 8.36. The van der Waals surface area contributed by atoms with Gasteiger partial charge in [0.2, 0.25) is 10.0 Å². The summed E-state index contributed by atoms with van der Waals surface area (Å²) in [5.41, 5.74) is 0.491. The van der Waals surface area contributed by atoms with E-state index in [1.54, 1.807) is 17.8 Å². The minimum Gasteiger partial charge on any atom is -0.377 e. The molecule has 0 aromatic carbocycles. The third kappa shape index (κ3) is 4.07. The van der Waals surface area contributed by atoms with Crippen LogP contribution in [-0.2, 0) is 20.3 Å². The zero-order valence-electron chi connectivity index (χ0n) is 13.4. The minimum absolute atomic E-state index is 0.189. The molecule has 2 heterocycles. The number of carbonyl (C=O) groups excluding carboxylic acids is 1. The molecule has 1 N–H and O–H groups in total. The molecule has 22 heavy (non-hydrogen) atoms. The van der Waals surface area contributed by atoms with Gasteiger partial charge in [0, 0.05) is 12.8 Å². The predicted octanol–water partition coefficient (Wildman–Crippen LogP) is 1.19. The Morgan fingerprint density at radius 1 is 1.50 bits per heavy atom. The van der Waals surface area contributed by atoms with Crippen LogP contribution in [0, 0.1) is 6.92 Å². The maximum atomic E-state index is 12.2. The molecule has 0 radical (unpaired) electrons. The zero-order valence-corrected chi connectivity index (χ0v) is 14.2. The van der Waals surface area contributed by atoms with E-state index in [9.17, 15) is 13.2 Å². The van der Waals surface area contributed by atoms with Crippen LogP contribution in [0.15, 0.2) is 6.20 Å². The van der Waals surface area contributed by atoms with Gasteiger partial charge in [0.25, 0.3) is 5.91 Å². The number of amides is 1. The molecule has 1 fully saturated rings. The van der Waals surface area contributed by atoms with Gasteiger partial charge >= 0.3 is 0 Å². The van der Waals surface area contributed by atoms with Crippen LogP contribution in [0.2, 0.25) is 0 Å². The van der Waals surface area contributed by atoms with Gasteiger partial charge in [0.1, 0.15) is 0 Å². The van der Waals surface area contributed by atoms with Gasteiger partial charge in [-0.1, -0.05) is 0 Å². The fourth-order valence-corrected chi connectivity index (χ4v) is 3.51. The van der Waals surface area contributed by atoms with Crippen LogP contribution in [0.4, 0.5) is 0 Å². The van der Waals surface area contributed by atoms with Crippen LogP contribution in [0.25, 0.3) is 0 Å². The minimum atomic E-state index is -3.72. The van der Waals surface area contributed by atoms with Crippen LogP contribution >= 0.6 is 0 Å². The topological polar surface area (TPSA) is 90.3 Å². The molecule has 1 aromatic heterocycles. The molecule has 0 saturated carbocycles. The van der Waals surface area contributed by atoms with Crippen LogP contribution < -0.4 is 4.72 Å². The van der Waals surface area contributed by atoms with Crippen LogP contribution in [0.5, 0.6) is 0 Å². The molecule has 0 bridgehead atoms. The molecular weight excluding hydrogens is 306 g/mol. The van der Waals surface area contributed by atoms with Crippen molar-refractivity contribution >= 4 is 15.9 Å². The zero-order chi connectivity index (χ0) is 16.5. The molecule has 1 aromatic rings. The molecule has 7 nitrogen and oxygen atoms in total. The van der Waals surface area contributed by atoms with Crippen molar-refractivity contribution in [2.24, 2.45) is 0 Å². The molecular formula is C14H23N3O4S. The second kappa shape index (κ2) is 6.00. The Morgan fingerprint density at radius 3 is 2.68 bits per heavy atom. The Hall–Kier alpha value is -1.41. The number of hydrogen-bond acceptors (Lipinski definition) is 5. The third-order valence-electron chi connectivity index (χ3n) is 3.51. The van der Waals surface area contributed by atoms with Gasteiger partial charge in [0.05, 0.1) is 28.7 Å². The number of aryl methyl sites for hydroxylation is 1. The highest BCUT2D eigenvalue weighted by molar-refractivity contribution is 7.90. The quantitative estimate of drug-likeness (QED) is 0.896. The second-order valence-electron chi connectivity index (χ2n) is 6.59. The first kappa shape index (κ1) is 17.0. The Morgan fingerprint density at radius 2 is 2.18 bits per heavy atom. The Bertz CT molecular complexity index is 652. The van der Waals surface area contributed by atoms with Gasteiger partial charge in [-0.2, -0.15) is 5.10 Å². The molecule has 0 spiro atoms. The first-order chi connectivity index (χ1) is 10.1. The molecule has 1 aliphatic heterocycles. The summed E-state index contributed by atoms with van der Waals surface area (Å²) < 4.78 is 33.2. The third-order valence-corrected chi connectivity index (χ3v) is 4.82. The van der Waals surface area contributed by atoms with Gasteiger partial charge in [-0.05, 0) is 40.5 Å². The summed E-state index contributed by atoms with van der Waals surface area (Å²) in [6.45, 7) is 8.12. The maximum Gasteiger partial charge on any atom is 0.268 e. The van der Waals surface area contributed by atoms with Crippen molar-refractivity contribution in [1.82, 2.24) is 14.5 Å². The number of nitrogens with one attached hydrogen (secondary N) is 1. The van der Waals surface area contributed by atoms with Gasteiger partial charge in [-0.3, -0.25) is 9.48 Å². The van der Waals surface area contributed by atoms with E-state index < -0.39 is 15.9 Å². The van der Waals surface area contributed by atoms with E-state index in [1.807, 2.05) is 20.8 Å². The Labute approximate surface area is 131 Å². The summed E-state index contributed by atoms with van der Waals surface area (Å²) in [5, 5.41) is 4.27. The number of sulfonamides is 1. The van der Waals surface area contributed by atoms with E-state index in [1.165, 1.54) is 0 Å². The van der Waals surface area contributed by atoms with Gasteiger partial charge < -0.3 is 4.74 Å². The largest absolute Gasteiger partial charge is 0.377 e. The lowest BCUT2D eigenvalue weighted by atomic mass is 10.1. The highest BCUT2D eigenvalue weighted by Crippen LogP contribution is 2.17. The van der Waals surface area contributed by atoms with Crippen LogP contribution in [0.1, 0.15) is 49.7 Å². The molecule has 2 rings (SSSR count). The molecule has 124 valence electrons. The number of carbonyl (C=O) groups is 1. The lowest BCUT2D eigenvalue weighted by Crippen LogP contribution is -2.36. The van der Waals surface area contributed by atoms with Gasteiger partial charge in [-0.25, -0.2) is 13.1 Å². The van der Waals surface area contributed by atoms with Crippen molar-refractivity contribution in [1.29, 1.82) is 0 Å². The van der Waals surface area contributed by atoms with E-state index >= 15 is 0 Å². The summed E-state index contributed by atoms with van der Waals surface area (Å²) >= 11 is 0. The van der Waals surface area contributed by atoms with Gasteiger partial charge in [0.15, 0.2) is 0 Å². The molecule has 1 unspecified atom stereocenters. The number of aromatic nitrogens is 2. The average molecular weight is 329 g/mol. The van der Waals surface area contributed by atoms with E-state index in [0.717, 1.165) is 6.42 Å². The van der Waals surface area contributed by atoms with Crippen molar-refractivity contribution in [2.45, 2.75) is 52.2 Å². The fourth-order valence-electron chi connectivity index (χ4n) is 2.29. The number of nitrogens with zero attached hydrogens (tertiary/aromatic N) is 2. The average Bonchev–Trinajstić information content (AvgIpc) is 2.96. The molecule has 8 heteroatoms. The van der Waals surface area contributed by atoms with Crippen molar-refractivity contribution < 1.29 is 17.9 Å². The first-order valence-corrected chi connectivity index (χ1v) is 8.97. The molecule has 1 amide bonds. The molecule has 1 aliphatic rings. The molecule has 1 atom stereocenters.